The van der Waals surface area contributed by atoms with E-state index >= 15 is 0 Å². The number of pyridine rings is 1. The lowest BCUT2D eigenvalue weighted by atomic mass is 10.0. The lowest BCUT2D eigenvalue weighted by Crippen LogP contribution is -2.37. The van der Waals surface area contributed by atoms with Crippen molar-refractivity contribution in [2.24, 2.45) is 0 Å². The van der Waals surface area contributed by atoms with Crippen molar-refractivity contribution in [1.82, 2.24) is 19.4 Å². The minimum atomic E-state index is 0.284. The van der Waals surface area contributed by atoms with Crippen molar-refractivity contribution in [1.29, 1.82) is 0 Å². The van der Waals surface area contributed by atoms with Crippen LogP contribution in [0.2, 0.25) is 0 Å². The molecular weight excluding hydrogens is 352 g/mol. The molecule has 0 amide bonds. The Labute approximate surface area is 165 Å². The molecule has 0 saturated carbocycles. The standard InChI is InChI=1S/C22H26N4S/c1-2-9-24(8-1)15-18-13-20(27-17-18)16-26-12-11-25-10-4-6-21(25)22(26)19-5-3-7-23-14-19/h3-7,10,13-14,17,22H,1-2,8-9,11-12,15-16H2. The molecule has 0 aromatic carbocycles. The van der Waals surface area contributed by atoms with Crippen LogP contribution in [-0.2, 0) is 19.6 Å². The van der Waals surface area contributed by atoms with Crippen LogP contribution in [0.4, 0.5) is 0 Å². The van der Waals surface area contributed by atoms with Gasteiger partial charge in [-0.15, -0.1) is 11.3 Å². The van der Waals surface area contributed by atoms with Gasteiger partial charge in [-0.1, -0.05) is 6.07 Å². The van der Waals surface area contributed by atoms with Gasteiger partial charge in [0.25, 0.3) is 0 Å². The van der Waals surface area contributed by atoms with Crippen LogP contribution in [0.15, 0.2) is 54.3 Å². The maximum atomic E-state index is 4.38. The Balaban J connectivity index is 1.36. The molecule has 3 aromatic heterocycles. The molecule has 0 N–H and O–H groups in total. The highest BCUT2D eigenvalue weighted by atomic mass is 32.1. The predicted molar refractivity (Wildman–Crippen MR) is 110 cm³/mol. The topological polar surface area (TPSA) is 24.3 Å². The zero-order chi connectivity index (χ0) is 18.1. The highest BCUT2D eigenvalue weighted by Gasteiger charge is 2.29. The van der Waals surface area contributed by atoms with E-state index in [9.17, 15) is 0 Å². The third-order valence-corrected chi connectivity index (χ3v) is 6.78. The van der Waals surface area contributed by atoms with Crippen molar-refractivity contribution >= 4 is 11.3 Å². The minimum absolute atomic E-state index is 0.284. The van der Waals surface area contributed by atoms with Gasteiger partial charge in [-0.25, -0.2) is 0 Å². The first kappa shape index (κ1) is 17.2. The fourth-order valence-corrected chi connectivity index (χ4v) is 5.42. The molecule has 5 heteroatoms. The molecule has 0 bridgehead atoms. The Bertz CT molecular complexity index is 879. The molecule has 0 radical (unpaired) electrons. The molecule has 1 unspecified atom stereocenters. The van der Waals surface area contributed by atoms with Crippen molar-refractivity contribution in [2.75, 3.05) is 19.6 Å². The minimum Gasteiger partial charge on any atom is -0.348 e. The summed E-state index contributed by atoms with van der Waals surface area (Å²) in [5.41, 5.74) is 4.14. The predicted octanol–water partition coefficient (Wildman–Crippen LogP) is 4.15. The lowest BCUT2D eigenvalue weighted by Gasteiger charge is -2.37. The number of aromatic nitrogens is 2. The smallest absolute Gasteiger partial charge is 0.0774 e. The molecule has 5 rings (SSSR count). The quantitative estimate of drug-likeness (QED) is 0.667. The molecule has 4 nitrogen and oxygen atoms in total. The summed E-state index contributed by atoms with van der Waals surface area (Å²) in [6, 6.07) is 11.4. The highest BCUT2D eigenvalue weighted by Crippen LogP contribution is 2.34. The molecule has 2 aliphatic rings. The second-order valence-corrected chi connectivity index (χ2v) is 8.69. The van der Waals surface area contributed by atoms with Crippen molar-refractivity contribution in [3.8, 4) is 0 Å². The van der Waals surface area contributed by atoms with Crippen LogP contribution in [0.5, 0.6) is 0 Å². The first-order valence-electron chi connectivity index (χ1n) is 9.94. The van der Waals surface area contributed by atoms with Crippen LogP contribution in [-0.4, -0.2) is 39.0 Å². The number of fused-ring (bicyclic) bond motifs is 1. The first-order chi connectivity index (χ1) is 13.4. The van der Waals surface area contributed by atoms with Crippen molar-refractivity contribution in [3.05, 3.63) is 76.0 Å². The van der Waals surface area contributed by atoms with E-state index in [0.29, 0.717) is 0 Å². The van der Waals surface area contributed by atoms with Crippen LogP contribution < -0.4 is 0 Å². The van der Waals surface area contributed by atoms with Crippen molar-refractivity contribution in [2.45, 2.75) is 38.5 Å². The van der Waals surface area contributed by atoms with Crippen LogP contribution in [0, 0.1) is 0 Å². The fraction of sp³-hybridized carbons (Fsp3) is 0.409. The Morgan fingerprint density at radius 1 is 1.04 bits per heavy atom. The summed E-state index contributed by atoms with van der Waals surface area (Å²) in [6.45, 7) is 6.78. The van der Waals surface area contributed by atoms with Crippen LogP contribution >= 0.6 is 11.3 Å². The average molecular weight is 379 g/mol. The number of likely N-dealkylation sites (tertiary alicyclic amines) is 1. The van der Waals surface area contributed by atoms with Gasteiger partial charge in [0.05, 0.1) is 6.04 Å². The summed E-state index contributed by atoms with van der Waals surface area (Å²) in [7, 11) is 0. The molecule has 1 fully saturated rings. The SMILES string of the molecule is c1cncc(C2c3cccn3CCN2Cc2cc(CN3CCCC3)cs2)c1. The second kappa shape index (κ2) is 7.58. The molecule has 1 saturated heterocycles. The van der Waals surface area contributed by atoms with Crippen LogP contribution in [0.25, 0.3) is 0 Å². The summed E-state index contributed by atoms with van der Waals surface area (Å²) in [5.74, 6) is 0. The Hall–Kier alpha value is -1.95. The normalized spacial score (nSPS) is 20.8. The largest absolute Gasteiger partial charge is 0.348 e. The van der Waals surface area contributed by atoms with E-state index in [0.717, 1.165) is 26.2 Å². The monoisotopic (exact) mass is 378 g/mol. The zero-order valence-electron chi connectivity index (χ0n) is 15.6. The first-order valence-corrected chi connectivity index (χ1v) is 10.8. The van der Waals surface area contributed by atoms with E-state index in [-0.39, 0.29) is 6.04 Å². The molecule has 140 valence electrons. The molecule has 0 aliphatic carbocycles. The van der Waals surface area contributed by atoms with Gasteiger partial charge in [-0.3, -0.25) is 14.8 Å². The van der Waals surface area contributed by atoms with Gasteiger partial charge in [0.15, 0.2) is 0 Å². The maximum Gasteiger partial charge on any atom is 0.0774 e. The molecule has 1 atom stereocenters. The number of nitrogens with zero attached hydrogens (tertiary/aromatic N) is 4. The molecule has 2 aliphatic heterocycles. The highest BCUT2D eigenvalue weighted by molar-refractivity contribution is 7.10. The number of rotatable bonds is 5. The van der Waals surface area contributed by atoms with E-state index in [1.165, 1.54) is 47.6 Å². The summed E-state index contributed by atoms with van der Waals surface area (Å²) >= 11 is 1.92. The number of hydrogen-bond acceptors (Lipinski definition) is 4. The maximum absolute atomic E-state index is 4.38. The Kier molecular flexibility index (Phi) is 4.82. The van der Waals surface area contributed by atoms with E-state index in [1.54, 1.807) is 0 Å². The Morgan fingerprint density at radius 3 is 2.81 bits per heavy atom. The van der Waals surface area contributed by atoms with Crippen molar-refractivity contribution < 1.29 is 0 Å². The van der Waals surface area contributed by atoms with Crippen LogP contribution in [0.3, 0.4) is 0 Å². The van der Waals surface area contributed by atoms with E-state index in [1.807, 2.05) is 23.7 Å². The van der Waals surface area contributed by atoms with Gasteiger partial charge in [0, 0.05) is 55.3 Å². The third kappa shape index (κ3) is 3.59. The molecular formula is C22H26N4S. The second-order valence-electron chi connectivity index (χ2n) is 7.69. The summed E-state index contributed by atoms with van der Waals surface area (Å²) in [6.07, 6.45) is 8.80. The summed E-state index contributed by atoms with van der Waals surface area (Å²) in [4.78, 5) is 11.0. The van der Waals surface area contributed by atoms with Gasteiger partial charge in [0.2, 0.25) is 0 Å². The zero-order valence-corrected chi connectivity index (χ0v) is 16.4. The van der Waals surface area contributed by atoms with E-state index < -0.39 is 0 Å². The fourth-order valence-electron chi connectivity index (χ4n) is 4.51. The van der Waals surface area contributed by atoms with Gasteiger partial charge < -0.3 is 4.57 Å². The van der Waals surface area contributed by atoms with E-state index in [4.69, 9.17) is 0 Å². The molecule has 3 aromatic rings. The number of hydrogen-bond donors (Lipinski definition) is 0. The van der Waals surface area contributed by atoms with Gasteiger partial charge in [-0.2, -0.15) is 0 Å². The third-order valence-electron chi connectivity index (χ3n) is 5.81. The number of thiophene rings is 1. The molecule has 0 spiro atoms. The van der Waals surface area contributed by atoms with Gasteiger partial charge in [0.1, 0.15) is 0 Å². The van der Waals surface area contributed by atoms with Gasteiger partial charge >= 0.3 is 0 Å². The molecule has 27 heavy (non-hydrogen) atoms. The summed E-state index contributed by atoms with van der Waals surface area (Å²) < 4.78 is 2.39. The average Bonchev–Trinajstić information content (AvgIpc) is 3.45. The van der Waals surface area contributed by atoms with Crippen molar-refractivity contribution in [3.63, 3.8) is 0 Å². The van der Waals surface area contributed by atoms with Crippen LogP contribution in [0.1, 0.15) is 40.6 Å². The Morgan fingerprint density at radius 2 is 1.96 bits per heavy atom. The van der Waals surface area contributed by atoms with Gasteiger partial charge in [-0.05, 0) is 66.7 Å². The summed E-state index contributed by atoms with van der Waals surface area (Å²) in [5, 5.41) is 2.36. The van der Waals surface area contributed by atoms with E-state index in [2.05, 4.69) is 61.3 Å². The molecule has 5 heterocycles. The lowest BCUT2D eigenvalue weighted by molar-refractivity contribution is 0.176.